The van der Waals surface area contributed by atoms with Crippen LogP contribution in [-0.4, -0.2) is 66.3 Å². The molecule has 0 unspecified atom stereocenters. The van der Waals surface area contributed by atoms with Gasteiger partial charge < -0.3 is 15.2 Å². The molecule has 5 rings (SSSR count). The molecule has 38 heavy (non-hydrogen) atoms. The summed E-state index contributed by atoms with van der Waals surface area (Å²) >= 11 is 1.26. The number of carboxylic acid groups (broad SMARTS) is 1. The fourth-order valence-corrected chi connectivity index (χ4v) is 4.35. The molecule has 0 saturated heterocycles. The second-order valence-corrected chi connectivity index (χ2v) is 8.82. The van der Waals surface area contributed by atoms with Crippen LogP contribution in [0.5, 0.6) is 0 Å². The number of nitrogens with one attached hydrogen (secondary N) is 2. The number of rotatable bonds is 7. The summed E-state index contributed by atoms with van der Waals surface area (Å²) in [6.07, 6.45) is 1.78. The molecule has 1 fully saturated rings. The Morgan fingerprint density at radius 3 is 2.76 bits per heavy atom. The van der Waals surface area contributed by atoms with Crippen LogP contribution in [0.2, 0.25) is 0 Å². The van der Waals surface area contributed by atoms with E-state index in [1.165, 1.54) is 40.5 Å². The van der Waals surface area contributed by atoms with Gasteiger partial charge in [0.25, 0.3) is 12.4 Å². The van der Waals surface area contributed by atoms with Crippen molar-refractivity contribution in [2.75, 3.05) is 11.9 Å². The summed E-state index contributed by atoms with van der Waals surface area (Å²) in [6.45, 7) is -1.57. The van der Waals surface area contributed by atoms with Gasteiger partial charge in [-0.3, -0.25) is 24.4 Å². The van der Waals surface area contributed by atoms with Crippen LogP contribution >= 0.6 is 11.3 Å². The lowest BCUT2D eigenvalue weighted by molar-refractivity contribution is -0.196. The monoisotopic (exact) mass is 553 g/mol. The van der Waals surface area contributed by atoms with Gasteiger partial charge in [-0.2, -0.15) is 23.4 Å². The summed E-state index contributed by atoms with van der Waals surface area (Å²) < 4.78 is 58.0. The highest BCUT2D eigenvalue weighted by atomic mass is 32.1. The van der Waals surface area contributed by atoms with Gasteiger partial charge in [-0.1, -0.05) is 0 Å². The lowest BCUT2D eigenvalue weighted by Gasteiger charge is -2.35. The van der Waals surface area contributed by atoms with Gasteiger partial charge in [0, 0.05) is 29.5 Å². The molecule has 11 nitrogen and oxygen atoms in total. The third-order valence-corrected chi connectivity index (χ3v) is 6.26. The molecular weight excluding hydrogens is 534 g/mol. The summed E-state index contributed by atoms with van der Waals surface area (Å²) in [7, 11) is 0. The number of anilines is 1. The van der Waals surface area contributed by atoms with Crippen molar-refractivity contribution in [3.63, 3.8) is 0 Å². The van der Waals surface area contributed by atoms with Crippen molar-refractivity contribution in [2.24, 2.45) is 0 Å². The van der Waals surface area contributed by atoms with Crippen molar-refractivity contribution in [1.82, 2.24) is 29.9 Å². The first-order chi connectivity index (χ1) is 18.2. The Morgan fingerprint density at radius 1 is 1.34 bits per heavy atom. The van der Waals surface area contributed by atoms with Crippen molar-refractivity contribution in [2.45, 2.75) is 31.2 Å². The first-order valence-electron chi connectivity index (χ1n) is 10.9. The van der Waals surface area contributed by atoms with E-state index in [0.717, 1.165) is 5.56 Å². The Bertz CT molecular complexity index is 1380. The summed E-state index contributed by atoms with van der Waals surface area (Å²) in [5, 5.41) is 22.7. The molecule has 4 aromatic rings. The normalized spacial score (nSPS) is 16.7. The first kappa shape index (κ1) is 26.9. The van der Waals surface area contributed by atoms with Crippen LogP contribution < -0.4 is 5.32 Å². The van der Waals surface area contributed by atoms with Gasteiger partial charge in [-0.05, 0) is 25.0 Å². The topological polar surface area (TPSA) is 148 Å². The maximum atomic E-state index is 14.5. The van der Waals surface area contributed by atoms with Crippen LogP contribution in [0, 0.1) is 5.82 Å². The standard InChI is InChI=1S/C21H17F4N7O2S.CH2O2/c22-14-2-1-3-26-17(14)18-15(8-32(31-18)12-4-13(5-12)34-10-21(23,24)25)29-19(33)16-9-35-20(30-16)11-6-27-28-7-11;2-1-3/h1-3,6-9,12-13H,4-5,10H2,(H,27,28)(H,29,33);1H,(H,2,3)/t12-,13+;. The molecular formula is C22H19F4N7O4S. The van der Waals surface area contributed by atoms with Crippen molar-refractivity contribution in [3.05, 3.63) is 53.8 Å². The van der Waals surface area contributed by atoms with E-state index in [1.807, 2.05) is 0 Å². The zero-order valence-corrected chi connectivity index (χ0v) is 20.0. The minimum absolute atomic E-state index is 0.0666. The molecule has 4 heterocycles. The average Bonchev–Trinajstić information content (AvgIpc) is 3.59. The zero-order chi connectivity index (χ0) is 27.3. The number of pyridine rings is 1. The molecule has 1 amide bonds. The minimum Gasteiger partial charge on any atom is -0.483 e. The highest BCUT2D eigenvalue weighted by molar-refractivity contribution is 7.13. The summed E-state index contributed by atoms with van der Waals surface area (Å²) in [5.41, 5.74) is 1.11. The second kappa shape index (κ2) is 11.5. The highest BCUT2D eigenvalue weighted by Crippen LogP contribution is 2.38. The Hall–Kier alpha value is -4.18. The molecule has 0 aliphatic heterocycles. The van der Waals surface area contributed by atoms with Gasteiger partial charge in [-0.15, -0.1) is 11.3 Å². The van der Waals surface area contributed by atoms with E-state index in [4.69, 9.17) is 14.6 Å². The molecule has 0 spiro atoms. The van der Waals surface area contributed by atoms with Gasteiger partial charge in [0.05, 0.1) is 24.0 Å². The van der Waals surface area contributed by atoms with Crippen molar-refractivity contribution in [3.8, 4) is 22.0 Å². The Labute approximate surface area is 215 Å². The maximum Gasteiger partial charge on any atom is 0.411 e. The van der Waals surface area contributed by atoms with E-state index < -0.39 is 30.6 Å². The van der Waals surface area contributed by atoms with E-state index in [0.29, 0.717) is 17.8 Å². The van der Waals surface area contributed by atoms with E-state index in [-0.39, 0.29) is 35.3 Å². The largest absolute Gasteiger partial charge is 0.483 e. The number of aromatic nitrogens is 6. The molecule has 0 radical (unpaired) electrons. The van der Waals surface area contributed by atoms with Gasteiger partial charge in [0.2, 0.25) is 0 Å². The summed E-state index contributed by atoms with van der Waals surface area (Å²) in [6, 6.07) is 2.38. The lowest BCUT2D eigenvalue weighted by atomic mass is 9.89. The predicted octanol–water partition coefficient (Wildman–Crippen LogP) is 4.17. The third kappa shape index (κ3) is 6.38. The van der Waals surface area contributed by atoms with Gasteiger partial charge in [0.1, 0.15) is 28.7 Å². The fourth-order valence-electron chi connectivity index (χ4n) is 3.57. The van der Waals surface area contributed by atoms with Crippen molar-refractivity contribution >= 4 is 29.4 Å². The van der Waals surface area contributed by atoms with E-state index in [1.54, 1.807) is 17.8 Å². The highest BCUT2D eigenvalue weighted by Gasteiger charge is 2.37. The molecule has 16 heteroatoms. The number of aromatic amines is 1. The van der Waals surface area contributed by atoms with Gasteiger partial charge in [0.15, 0.2) is 5.82 Å². The van der Waals surface area contributed by atoms with E-state index in [2.05, 4.69) is 30.6 Å². The maximum absolute atomic E-state index is 14.5. The van der Waals surface area contributed by atoms with Crippen LogP contribution in [0.15, 0.2) is 42.3 Å². The Morgan fingerprint density at radius 2 is 2.11 bits per heavy atom. The molecule has 0 bridgehead atoms. The van der Waals surface area contributed by atoms with E-state index in [9.17, 15) is 22.4 Å². The molecule has 0 atom stereocenters. The number of carbonyl (C=O) groups excluding carboxylic acids is 1. The van der Waals surface area contributed by atoms with Crippen LogP contribution in [0.4, 0.5) is 23.2 Å². The summed E-state index contributed by atoms with van der Waals surface area (Å²) in [5.74, 6) is -1.17. The number of hydrogen-bond donors (Lipinski definition) is 3. The quantitative estimate of drug-likeness (QED) is 0.228. The molecule has 1 aliphatic carbocycles. The predicted molar refractivity (Wildman–Crippen MR) is 126 cm³/mol. The number of H-pyrrole nitrogens is 1. The molecule has 4 aromatic heterocycles. The van der Waals surface area contributed by atoms with Crippen LogP contribution in [-0.2, 0) is 9.53 Å². The van der Waals surface area contributed by atoms with Gasteiger partial charge >= 0.3 is 6.18 Å². The minimum atomic E-state index is -4.40. The first-order valence-corrected chi connectivity index (χ1v) is 11.8. The SMILES string of the molecule is O=C(Nc1cn([C@H]2C[C@@H](OCC(F)(F)F)C2)nc1-c1ncccc1F)c1csc(-c2cn[nH]c2)n1.O=CO. The molecule has 0 aromatic carbocycles. The van der Waals surface area contributed by atoms with Crippen LogP contribution in [0.1, 0.15) is 29.4 Å². The van der Waals surface area contributed by atoms with Crippen molar-refractivity contribution in [1.29, 1.82) is 0 Å². The van der Waals surface area contributed by atoms with Crippen LogP contribution in [0.3, 0.4) is 0 Å². The number of ether oxygens (including phenoxy) is 1. The third-order valence-electron chi connectivity index (χ3n) is 5.37. The second-order valence-electron chi connectivity index (χ2n) is 7.96. The Balaban J connectivity index is 0.00000107. The number of hydrogen-bond acceptors (Lipinski definition) is 8. The molecule has 200 valence electrons. The number of thiazole rings is 1. The van der Waals surface area contributed by atoms with E-state index >= 15 is 0 Å². The average molecular weight is 553 g/mol. The number of nitrogens with zero attached hydrogens (tertiary/aromatic N) is 5. The summed E-state index contributed by atoms with van der Waals surface area (Å²) in [4.78, 5) is 29.6. The van der Waals surface area contributed by atoms with Crippen LogP contribution in [0.25, 0.3) is 22.0 Å². The zero-order valence-electron chi connectivity index (χ0n) is 19.2. The van der Waals surface area contributed by atoms with Crippen molar-refractivity contribution < 1.29 is 37.0 Å². The molecule has 1 saturated carbocycles. The number of amides is 1. The number of halogens is 4. The molecule has 1 aliphatic rings. The fraction of sp³-hybridized carbons (Fsp3) is 0.273. The van der Waals surface area contributed by atoms with Gasteiger partial charge in [-0.25, -0.2) is 9.37 Å². The number of carbonyl (C=O) groups is 2. The molecule has 3 N–H and O–H groups in total. The Kier molecular flexibility index (Phi) is 8.11. The number of alkyl halides is 3. The smallest absolute Gasteiger partial charge is 0.411 e. The lowest BCUT2D eigenvalue weighted by Crippen LogP contribution is -2.36.